The van der Waals surface area contributed by atoms with Crippen LogP contribution in [0.4, 0.5) is 0 Å². The Morgan fingerprint density at radius 1 is 1.26 bits per heavy atom. The zero-order valence-electron chi connectivity index (χ0n) is 12.3. The number of benzene rings is 1. The smallest absolute Gasteiger partial charge is 0.221 e. The van der Waals surface area contributed by atoms with E-state index in [4.69, 9.17) is 11.6 Å². The van der Waals surface area contributed by atoms with Crippen molar-refractivity contribution in [2.75, 3.05) is 0 Å². The lowest BCUT2D eigenvalue weighted by molar-refractivity contribution is -0.121. The topological polar surface area (TPSA) is 57.8 Å². The highest BCUT2D eigenvalue weighted by Gasteiger charge is 2.17. The molecule has 1 aromatic carbocycles. The summed E-state index contributed by atoms with van der Waals surface area (Å²) in [4.78, 5) is 19.3. The molecule has 0 radical (unpaired) electrons. The third-order valence-corrected chi connectivity index (χ3v) is 4.51. The Kier molecular flexibility index (Phi) is 5.10. The van der Waals surface area contributed by atoms with E-state index in [1.165, 1.54) is 0 Å². The number of aromatic amines is 1. The summed E-state index contributed by atoms with van der Waals surface area (Å²) in [6.07, 6.45) is 4.41. The van der Waals surface area contributed by atoms with E-state index in [1.807, 2.05) is 35.7 Å². The number of hydrogen-bond acceptors (Lipinski definition) is 3. The molecule has 0 saturated heterocycles. The highest BCUT2D eigenvalue weighted by molar-refractivity contribution is 7.08. The molecule has 3 aromatic rings. The predicted molar refractivity (Wildman–Crippen MR) is 92.7 cm³/mol. The first-order valence-corrected chi connectivity index (χ1v) is 8.58. The lowest BCUT2D eigenvalue weighted by Crippen LogP contribution is -2.29. The van der Waals surface area contributed by atoms with Gasteiger partial charge in [0.05, 0.1) is 12.4 Å². The summed E-state index contributed by atoms with van der Waals surface area (Å²) in [5.74, 6) is 0.00532. The fourth-order valence-electron chi connectivity index (χ4n) is 2.36. The van der Waals surface area contributed by atoms with Crippen molar-refractivity contribution in [1.82, 2.24) is 15.3 Å². The maximum absolute atomic E-state index is 12.3. The Hall–Kier alpha value is -2.11. The van der Waals surface area contributed by atoms with Gasteiger partial charge in [-0.1, -0.05) is 23.7 Å². The SMILES string of the molecule is O=C(CCc1cnc[nH]1)N[C@@H](c1ccc(Cl)cc1)c1ccsc1. The van der Waals surface area contributed by atoms with E-state index >= 15 is 0 Å². The van der Waals surface area contributed by atoms with E-state index in [1.54, 1.807) is 23.9 Å². The van der Waals surface area contributed by atoms with Gasteiger partial charge in [0.2, 0.25) is 5.91 Å². The lowest BCUT2D eigenvalue weighted by Gasteiger charge is -2.18. The van der Waals surface area contributed by atoms with Gasteiger partial charge in [-0.25, -0.2) is 4.98 Å². The number of thiophene rings is 1. The standard InChI is InChI=1S/C17H16ClN3OS/c18-14-3-1-12(2-4-14)17(13-7-8-23-10-13)21-16(22)6-5-15-9-19-11-20-15/h1-4,7-11,17H,5-6H2,(H,19,20)(H,21,22)/t17-/m0/s1. The minimum absolute atomic E-state index is 0.00532. The summed E-state index contributed by atoms with van der Waals surface area (Å²) in [6.45, 7) is 0. The number of aromatic nitrogens is 2. The van der Waals surface area contributed by atoms with Gasteiger partial charge in [0.25, 0.3) is 0 Å². The summed E-state index contributed by atoms with van der Waals surface area (Å²) < 4.78 is 0. The van der Waals surface area contributed by atoms with Crippen molar-refractivity contribution in [3.05, 3.63) is 75.5 Å². The van der Waals surface area contributed by atoms with E-state index in [9.17, 15) is 4.79 Å². The fourth-order valence-corrected chi connectivity index (χ4v) is 3.17. The molecule has 0 fully saturated rings. The summed E-state index contributed by atoms with van der Waals surface area (Å²) in [6, 6.07) is 9.44. The number of rotatable bonds is 6. The van der Waals surface area contributed by atoms with Crippen LogP contribution in [0.5, 0.6) is 0 Å². The van der Waals surface area contributed by atoms with Crippen molar-refractivity contribution in [1.29, 1.82) is 0 Å². The molecule has 3 rings (SSSR count). The Bertz CT molecular complexity index is 739. The molecule has 118 valence electrons. The van der Waals surface area contributed by atoms with Crippen molar-refractivity contribution in [3.63, 3.8) is 0 Å². The quantitative estimate of drug-likeness (QED) is 0.710. The van der Waals surface area contributed by atoms with Crippen LogP contribution in [-0.2, 0) is 11.2 Å². The molecule has 6 heteroatoms. The molecule has 2 heterocycles. The average Bonchev–Trinajstić information content (AvgIpc) is 3.25. The van der Waals surface area contributed by atoms with Gasteiger partial charge in [0.1, 0.15) is 0 Å². The number of imidazole rings is 1. The van der Waals surface area contributed by atoms with Gasteiger partial charge in [0.15, 0.2) is 0 Å². The second kappa shape index (κ2) is 7.44. The van der Waals surface area contributed by atoms with Crippen LogP contribution in [0.25, 0.3) is 0 Å². The van der Waals surface area contributed by atoms with Gasteiger partial charge < -0.3 is 10.3 Å². The Labute approximate surface area is 143 Å². The number of nitrogens with zero attached hydrogens (tertiary/aromatic N) is 1. The van der Waals surface area contributed by atoms with Crippen molar-refractivity contribution in [2.24, 2.45) is 0 Å². The molecular weight excluding hydrogens is 330 g/mol. The molecule has 1 atom stereocenters. The molecular formula is C17H16ClN3OS. The third-order valence-electron chi connectivity index (χ3n) is 3.56. The summed E-state index contributed by atoms with van der Waals surface area (Å²) in [5, 5.41) is 7.85. The van der Waals surface area contributed by atoms with Crippen LogP contribution in [0.15, 0.2) is 53.6 Å². The van der Waals surface area contributed by atoms with Crippen LogP contribution in [0.1, 0.15) is 29.3 Å². The number of hydrogen-bond donors (Lipinski definition) is 2. The van der Waals surface area contributed by atoms with Crippen LogP contribution >= 0.6 is 22.9 Å². The zero-order chi connectivity index (χ0) is 16.1. The molecule has 0 spiro atoms. The number of halogens is 1. The number of nitrogens with one attached hydrogen (secondary N) is 2. The molecule has 23 heavy (non-hydrogen) atoms. The minimum atomic E-state index is -0.159. The number of amides is 1. The van der Waals surface area contributed by atoms with E-state index in [2.05, 4.69) is 20.7 Å². The predicted octanol–water partition coefficient (Wildman–Crippen LogP) is 3.96. The number of aryl methyl sites for hydroxylation is 1. The summed E-state index contributed by atoms with van der Waals surface area (Å²) in [7, 11) is 0. The van der Waals surface area contributed by atoms with Crippen molar-refractivity contribution >= 4 is 28.8 Å². The molecule has 4 nitrogen and oxygen atoms in total. The van der Waals surface area contributed by atoms with Crippen LogP contribution in [0.3, 0.4) is 0 Å². The van der Waals surface area contributed by atoms with Gasteiger partial charge in [0, 0.05) is 23.3 Å². The molecule has 0 aliphatic heterocycles. The normalized spacial score (nSPS) is 12.0. The highest BCUT2D eigenvalue weighted by Crippen LogP contribution is 2.25. The second-order valence-corrected chi connectivity index (χ2v) is 6.40. The largest absolute Gasteiger partial charge is 0.348 e. The monoisotopic (exact) mass is 345 g/mol. The Morgan fingerprint density at radius 3 is 2.74 bits per heavy atom. The van der Waals surface area contributed by atoms with Crippen LogP contribution in [0, 0.1) is 0 Å². The maximum Gasteiger partial charge on any atom is 0.221 e. The van der Waals surface area contributed by atoms with Crippen molar-refractivity contribution < 1.29 is 4.79 Å². The maximum atomic E-state index is 12.3. The third kappa shape index (κ3) is 4.21. The van der Waals surface area contributed by atoms with Crippen molar-refractivity contribution in [3.8, 4) is 0 Å². The summed E-state index contributed by atoms with van der Waals surface area (Å²) >= 11 is 7.57. The molecule has 0 aliphatic rings. The van der Waals surface area contributed by atoms with E-state index in [0.29, 0.717) is 17.9 Å². The van der Waals surface area contributed by atoms with Gasteiger partial charge in [-0.05, 0) is 46.5 Å². The molecule has 0 unspecified atom stereocenters. The van der Waals surface area contributed by atoms with Crippen LogP contribution in [-0.4, -0.2) is 15.9 Å². The van der Waals surface area contributed by atoms with Crippen molar-refractivity contribution in [2.45, 2.75) is 18.9 Å². The zero-order valence-corrected chi connectivity index (χ0v) is 13.9. The molecule has 0 bridgehead atoms. The number of H-pyrrole nitrogens is 1. The Morgan fingerprint density at radius 2 is 2.09 bits per heavy atom. The fraction of sp³-hybridized carbons (Fsp3) is 0.176. The van der Waals surface area contributed by atoms with E-state index in [-0.39, 0.29) is 11.9 Å². The number of carbonyl (C=O) groups excluding carboxylic acids is 1. The van der Waals surface area contributed by atoms with Crippen LogP contribution < -0.4 is 5.32 Å². The first-order valence-electron chi connectivity index (χ1n) is 7.26. The van der Waals surface area contributed by atoms with Crippen LogP contribution in [0.2, 0.25) is 5.02 Å². The lowest BCUT2D eigenvalue weighted by atomic mass is 10.0. The molecule has 0 aliphatic carbocycles. The number of carbonyl (C=O) groups is 1. The molecule has 2 N–H and O–H groups in total. The average molecular weight is 346 g/mol. The summed E-state index contributed by atoms with van der Waals surface area (Å²) in [5.41, 5.74) is 3.05. The van der Waals surface area contributed by atoms with Gasteiger partial charge >= 0.3 is 0 Å². The van der Waals surface area contributed by atoms with E-state index < -0.39 is 0 Å². The molecule has 2 aromatic heterocycles. The molecule has 0 saturated carbocycles. The van der Waals surface area contributed by atoms with E-state index in [0.717, 1.165) is 16.8 Å². The van der Waals surface area contributed by atoms with Gasteiger partial charge in [-0.2, -0.15) is 11.3 Å². The first-order chi connectivity index (χ1) is 11.2. The van der Waals surface area contributed by atoms with Gasteiger partial charge in [-0.15, -0.1) is 0 Å². The Balaban J connectivity index is 1.71. The molecule has 1 amide bonds. The second-order valence-electron chi connectivity index (χ2n) is 5.19. The highest BCUT2D eigenvalue weighted by atomic mass is 35.5. The first kappa shape index (κ1) is 15.8. The van der Waals surface area contributed by atoms with Gasteiger partial charge in [-0.3, -0.25) is 4.79 Å². The minimum Gasteiger partial charge on any atom is -0.348 e.